The second kappa shape index (κ2) is 9.66. The Kier molecular flexibility index (Phi) is 7.26. The maximum Gasteiger partial charge on any atom is 0.129 e. The van der Waals surface area contributed by atoms with E-state index in [0.717, 1.165) is 30.7 Å². The Morgan fingerprint density at radius 1 is 0.963 bits per heavy atom. The average molecular weight is 373 g/mol. The summed E-state index contributed by atoms with van der Waals surface area (Å²) in [6.07, 6.45) is 17.8. The number of hydrogen-bond donors (Lipinski definition) is 0. The van der Waals surface area contributed by atoms with Crippen LogP contribution in [0.15, 0.2) is 35.9 Å². The first-order valence-electron chi connectivity index (χ1n) is 11.0. The van der Waals surface area contributed by atoms with Crippen LogP contribution in [0.25, 0.3) is 0 Å². The highest BCUT2D eigenvalue weighted by atomic mass is 19.1. The van der Waals surface area contributed by atoms with E-state index in [9.17, 15) is 8.78 Å². The Balaban J connectivity index is 1.61. The molecular formula is C25H34F2. The van der Waals surface area contributed by atoms with Crippen molar-refractivity contribution in [3.63, 3.8) is 0 Å². The normalized spacial score (nSPS) is 25.5. The van der Waals surface area contributed by atoms with Crippen molar-refractivity contribution in [2.45, 2.75) is 84.0 Å². The summed E-state index contributed by atoms with van der Waals surface area (Å²) >= 11 is 0. The van der Waals surface area contributed by atoms with Crippen LogP contribution < -0.4 is 0 Å². The molecule has 27 heavy (non-hydrogen) atoms. The summed E-state index contributed by atoms with van der Waals surface area (Å²) in [4.78, 5) is 0. The Hall–Kier alpha value is -1.44. The molecule has 0 nitrogen and oxygen atoms in total. The van der Waals surface area contributed by atoms with E-state index in [1.165, 1.54) is 44.1 Å². The summed E-state index contributed by atoms with van der Waals surface area (Å²) < 4.78 is 28.8. The summed E-state index contributed by atoms with van der Waals surface area (Å²) in [5, 5.41) is 0. The highest BCUT2D eigenvalue weighted by molar-refractivity contribution is 5.36. The summed E-state index contributed by atoms with van der Waals surface area (Å²) in [5.41, 5.74) is 2.46. The fourth-order valence-electron chi connectivity index (χ4n) is 4.81. The number of hydrogen-bond acceptors (Lipinski definition) is 0. The largest absolute Gasteiger partial charge is 0.207 e. The molecule has 0 aromatic heterocycles. The van der Waals surface area contributed by atoms with Crippen LogP contribution in [0.1, 0.15) is 88.7 Å². The summed E-state index contributed by atoms with van der Waals surface area (Å²) in [6.45, 7) is 4.32. The Morgan fingerprint density at radius 2 is 1.67 bits per heavy atom. The van der Waals surface area contributed by atoms with E-state index in [2.05, 4.69) is 25.2 Å². The lowest BCUT2D eigenvalue weighted by Crippen LogP contribution is -2.16. The van der Waals surface area contributed by atoms with E-state index in [-0.39, 0.29) is 23.1 Å². The number of unbranched alkanes of at least 4 members (excludes halogenated alkanes) is 1. The van der Waals surface area contributed by atoms with Gasteiger partial charge in [-0.05, 0) is 80.1 Å². The molecule has 1 fully saturated rings. The maximum atomic E-state index is 14.4. The molecule has 148 valence electrons. The topological polar surface area (TPSA) is 0 Å². The van der Waals surface area contributed by atoms with Crippen LogP contribution in [0.2, 0.25) is 0 Å². The molecule has 3 rings (SSSR count). The summed E-state index contributed by atoms with van der Waals surface area (Å²) in [7, 11) is 0. The molecule has 0 spiro atoms. The zero-order valence-corrected chi connectivity index (χ0v) is 16.9. The van der Waals surface area contributed by atoms with Gasteiger partial charge in [0.2, 0.25) is 0 Å². The maximum absolute atomic E-state index is 14.4. The van der Waals surface area contributed by atoms with E-state index in [1.807, 2.05) is 6.92 Å². The van der Waals surface area contributed by atoms with Crippen molar-refractivity contribution < 1.29 is 8.78 Å². The van der Waals surface area contributed by atoms with E-state index >= 15 is 0 Å². The van der Waals surface area contributed by atoms with Gasteiger partial charge in [0, 0.05) is 11.5 Å². The quantitative estimate of drug-likeness (QED) is 0.456. The van der Waals surface area contributed by atoms with Crippen molar-refractivity contribution in [1.29, 1.82) is 0 Å². The second-order valence-electron chi connectivity index (χ2n) is 8.48. The standard InChI is InChI=1S/C25H34F2/c1-3-5-7-23-24(26)16-22(17-25(23)27)21-14-12-20(13-15-21)19-10-8-18(6-4-2)9-11-19/h12-14,16-19,21H,3-11,15H2,1-2H3. The van der Waals surface area contributed by atoms with Gasteiger partial charge in [-0.25, -0.2) is 8.78 Å². The summed E-state index contributed by atoms with van der Waals surface area (Å²) in [5.74, 6) is 0.936. The molecule has 0 radical (unpaired) electrons. The first-order valence-corrected chi connectivity index (χ1v) is 11.0. The van der Waals surface area contributed by atoms with Gasteiger partial charge in [-0.3, -0.25) is 0 Å². The van der Waals surface area contributed by atoms with E-state index < -0.39 is 0 Å². The molecule has 0 aliphatic heterocycles. The minimum Gasteiger partial charge on any atom is -0.207 e. The molecule has 2 aliphatic carbocycles. The highest BCUT2D eigenvalue weighted by Gasteiger charge is 2.24. The first kappa shape index (κ1) is 20.3. The average Bonchev–Trinajstić information content (AvgIpc) is 2.68. The van der Waals surface area contributed by atoms with Crippen LogP contribution in [0.4, 0.5) is 8.78 Å². The summed E-state index contributed by atoms with van der Waals surface area (Å²) in [6, 6.07) is 3.11. The molecule has 0 saturated heterocycles. The fraction of sp³-hybridized carbons (Fsp3) is 0.600. The Bertz CT molecular complexity index is 655. The van der Waals surface area contributed by atoms with Gasteiger partial charge in [0.15, 0.2) is 0 Å². The van der Waals surface area contributed by atoms with Crippen molar-refractivity contribution in [2.24, 2.45) is 11.8 Å². The molecule has 1 aromatic carbocycles. The molecule has 1 aromatic rings. The van der Waals surface area contributed by atoms with Crippen LogP contribution >= 0.6 is 0 Å². The SMILES string of the molecule is CCCCc1c(F)cc(C2C=CC(C3CCC(CCC)CC3)=CC2)cc1F. The third-order valence-electron chi connectivity index (χ3n) is 6.52. The molecule has 0 N–H and O–H groups in total. The number of allylic oxidation sites excluding steroid dienone is 4. The van der Waals surface area contributed by atoms with Crippen molar-refractivity contribution in [2.75, 3.05) is 0 Å². The van der Waals surface area contributed by atoms with E-state index in [0.29, 0.717) is 12.3 Å². The van der Waals surface area contributed by atoms with Crippen LogP contribution in [-0.2, 0) is 6.42 Å². The molecule has 2 heteroatoms. The Labute approximate surface area is 163 Å². The lowest BCUT2D eigenvalue weighted by Gasteiger charge is -2.30. The van der Waals surface area contributed by atoms with Gasteiger partial charge in [0.1, 0.15) is 11.6 Å². The fourth-order valence-corrected chi connectivity index (χ4v) is 4.81. The van der Waals surface area contributed by atoms with Crippen LogP contribution in [0.3, 0.4) is 0 Å². The van der Waals surface area contributed by atoms with E-state index in [1.54, 1.807) is 12.1 Å². The Morgan fingerprint density at radius 3 is 2.22 bits per heavy atom. The molecule has 1 saturated carbocycles. The predicted molar refractivity (Wildman–Crippen MR) is 110 cm³/mol. The zero-order chi connectivity index (χ0) is 19.2. The molecule has 1 unspecified atom stereocenters. The molecule has 1 atom stereocenters. The van der Waals surface area contributed by atoms with Crippen molar-refractivity contribution in [3.05, 3.63) is 58.7 Å². The highest BCUT2D eigenvalue weighted by Crippen LogP contribution is 2.39. The van der Waals surface area contributed by atoms with Crippen molar-refractivity contribution >= 4 is 0 Å². The van der Waals surface area contributed by atoms with Crippen molar-refractivity contribution in [1.82, 2.24) is 0 Å². The third kappa shape index (κ3) is 5.09. The van der Waals surface area contributed by atoms with Crippen LogP contribution in [0, 0.1) is 23.5 Å². The van der Waals surface area contributed by atoms with Crippen LogP contribution in [0.5, 0.6) is 0 Å². The number of rotatable bonds is 7. The number of halogens is 2. The van der Waals surface area contributed by atoms with Gasteiger partial charge in [-0.15, -0.1) is 0 Å². The smallest absolute Gasteiger partial charge is 0.129 e. The lowest BCUT2D eigenvalue weighted by atomic mass is 9.75. The third-order valence-corrected chi connectivity index (χ3v) is 6.52. The zero-order valence-electron chi connectivity index (χ0n) is 16.9. The van der Waals surface area contributed by atoms with Gasteiger partial charge < -0.3 is 0 Å². The first-order chi connectivity index (χ1) is 13.1. The van der Waals surface area contributed by atoms with Gasteiger partial charge in [-0.1, -0.05) is 51.3 Å². The van der Waals surface area contributed by atoms with E-state index in [4.69, 9.17) is 0 Å². The van der Waals surface area contributed by atoms with Crippen LogP contribution in [-0.4, -0.2) is 0 Å². The molecular weight excluding hydrogens is 338 g/mol. The molecule has 0 bridgehead atoms. The molecule has 0 amide bonds. The minimum atomic E-state index is -0.379. The van der Waals surface area contributed by atoms with Gasteiger partial charge in [0.25, 0.3) is 0 Å². The van der Waals surface area contributed by atoms with Gasteiger partial charge in [0.05, 0.1) is 0 Å². The predicted octanol–water partition coefficient (Wildman–Crippen LogP) is 7.88. The minimum absolute atomic E-state index is 0.0920. The van der Waals surface area contributed by atoms with Gasteiger partial charge in [-0.2, -0.15) is 0 Å². The molecule has 2 aliphatic rings. The monoisotopic (exact) mass is 372 g/mol. The van der Waals surface area contributed by atoms with Crippen molar-refractivity contribution in [3.8, 4) is 0 Å². The lowest BCUT2D eigenvalue weighted by molar-refractivity contribution is 0.288. The number of benzene rings is 1. The van der Waals surface area contributed by atoms with Gasteiger partial charge >= 0.3 is 0 Å². The second-order valence-corrected chi connectivity index (χ2v) is 8.48. The molecule has 0 heterocycles.